The number of hydrogen-bond acceptors (Lipinski definition) is 4. The number of fused-ring (bicyclic) bond motifs is 1. The van der Waals surface area contributed by atoms with E-state index in [4.69, 9.17) is 15.2 Å². The molecule has 0 saturated heterocycles. The summed E-state index contributed by atoms with van der Waals surface area (Å²) in [5.41, 5.74) is 5.77. The third-order valence-electron chi connectivity index (χ3n) is 2.58. The number of benzene rings is 1. The predicted molar refractivity (Wildman–Crippen MR) is 63.1 cm³/mol. The van der Waals surface area contributed by atoms with E-state index < -0.39 is 11.8 Å². The highest BCUT2D eigenvalue weighted by molar-refractivity contribution is 6.34. The van der Waals surface area contributed by atoms with Crippen molar-refractivity contribution in [2.75, 3.05) is 20.3 Å². The van der Waals surface area contributed by atoms with Gasteiger partial charge >= 0.3 is 11.8 Å². The standard InChI is InChI=1S/C12H14N2O4/c1-14(12(16)11(13)15)7-8-2-3-9-10(6-8)18-5-4-17-9/h2-3,6H,4-5,7H2,1H3,(H2,13,15). The van der Waals surface area contributed by atoms with Crippen LogP contribution < -0.4 is 15.2 Å². The van der Waals surface area contributed by atoms with Crippen molar-refractivity contribution in [2.24, 2.45) is 5.73 Å². The zero-order valence-corrected chi connectivity index (χ0v) is 10.0. The maximum Gasteiger partial charge on any atom is 0.311 e. The molecule has 18 heavy (non-hydrogen) atoms. The smallest absolute Gasteiger partial charge is 0.311 e. The molecule has 0 aromatic heterocycles. The molecular weight excluding hydrogens is 236 g/mol. The van der Waals surface area contributed by atoms with E-state index in [2.05, 4.69) is 0 Å². The van der Waals surface area contributed by atoms with E-state index in [9.17, 15) is 9.59 Å². The first-order valence-electron chi connectivity index (χ1n) is 5.51. The van der Waals surface area contributed by atoms with Crippen molar-refractivity contribution in [3.05, 3.63) is 23.8 Å². The molecule has 2 N–H and O–H groups in total. The van der Waals surface area contributed by atoms with E-state index in [0.29, 0.717) is 31.3 Å². The zero-order valence-electron chi connectivity index (χ0n) is 10.0. The lowest BCUT2D eigenvalue weighted by Gasteiger charge is -2.20. The van der Waals surface area contributed by atoms with Crippen molar-refractivity contribution in [1.82, 2.24) is 4.90 Å². The van der Waals surface area contributed by atoms with Crippen molar-refractivity contribution < 1.29 is 19.1 Å². The molecule has 1 aromatic carbocycles. The summed E-state index contributed by atoms with van der Waals surface area (Å²) < 4.78 is 10.8. The van der Waals surface area contributed by atoms with Crippen LogP contribution in [0.3, 0.4) is 0 Å². The molecule has 6 heteroatoms. The van der Waals surface area contributed by atoms with E-state index in [-0.39, 0.29) is 0 Å². The summed E-state index contributed by atoms with van der Waals surface area (Å²) in [6.45, 7) is 1.33. The van der Waals surface area contributed by atoms with Gasteiger partial charge in [0.1, 0.15) is 13.2 Å². The number of nitrogens with zero attached hydrogens (tertiary/aromatic N) is 1. The fourth-order valence-electron chi connectivity index (χ4n) is 1.72. The molecule has 2 rings (SSSR count). The number of primary amides is 1. The van der Waals surface area contributed by atoms with Gasteiger partial charge in [-0.1, -0.05) is 6.07 Å². The second-order valence-corrected chi connectivity index (χ2v) is 4.00. The fraction of sp³-hybridized carbons (Fsp3) is 0.333. The van der Waals surface area contributed by atoms with Crippen LogP contribution in [0.2, 0.25) is 0 Å². The van der Waals surface area contributed by atoms with Crippen LogP contribution in [0, 0.1) is 0 Å². The average Bonchev–Trinajstić information content (AvgIpc) is 2.37. The second-order valence-electron chi connectivity index (χ2n) is 4.00. The molecule has 0 spiro atoms. The van der Waals surface area contributed by atoms with Crippen molar-refractivity contribution >= 4 is 11.8 Å². The van der Waals surface area contributed by atoms with Gasteiger partial charge in [-0.05, 0) is 17.7 Å². The number of amides is 2. The molecule has 0 fully saturated rings. The van der Waals surface area contributed by atoms with Gasteiger partial charge in [-0.15, -0.1) is 0 Å². The van der Waals surface area contributed by atoms with Crippen LogP contribution in [-0.4, -0.2) is 37.0 Å². The van der Waals surface area contributed by atoms with Crippen LogP contribution >= 0.6 is 0 Å². The quantitative estimate of drug-likeness (QED) is 0.743. The summed E-state index contributed by atoms with van der Waals surface area (Å²) in [5.74, 6) is -0.340. The van der Waals surface area contributed by atoms with Gasteiger partial charge in [0.2, 0.25) is 0 Å². The number of likely N-dealkylation sites (N-methyl/N-ethyl adjacent to an activating group) is 1. The number of hydrogen-bond donors (Lipinski definition) is 1. The van der Waals surface area contributed by atoms with Crippen LogP contribution in [0.15, 0.2) is 18.2 Å². The van der Waals surface area contributed by atoms with E-state index in [0.717, 1.165) is 5.56 Å². The second kappa shape index (κ2) is 4.95. The van der Waals surface area contributed by atoms with Gasteiger partial charge in [0.05, 0.1) is 0 Å². The van der Waals surface area contributed by atoms with Gasteiger partial charge in [-0.25, -0.2) is 0 Å². The van der Waals surface area contributed by atoms with Crippen molar-refractivity contribution in [3.8, 4) is 11.5 Å². The third kappa shape index (κ3) is 2.53. The van der Waals surface area contributed by atoms with Crippen LogP contribution in [0.5, 0.6) is 11.5 Å². The van der Waals surface area contributed by atoms with Gasteiger partial charge in [0, 0.05) is 13.6 Å². The fourth-order valence-corrected chi connectivity index (χ4v) is 1.72. The largest absolute Gasteiger partial charge is 0.486 e. The first-order chi connectivity index (χ1) is 8.58. The Balaban J connectivity index is 2.10. The molecule has 1 aliphatic heterocycles. The van der Waals surface area contributed by atoms with Crippen molar-refractivity contribution in [2.45, 2.75) is 6.54 Å². The summed E-state index contributed by atoms with van der Waals surface area (Å²) in [5, 5.41) is 0. The van der Waals surface area contributed by atoms with Crippen LogP contribution in [-0.2, 0) is 16.1 Å². The molecule has 0 saturated carbocycles. The summed E-state index contributed by atoms with van der Waals surface area (Å²) in [6, 6.07) is 5.39. The number of rotatable bonds is 2. The molecule has 0 unspecified atom stereocenters. The molecule has 1 aromatic rings. The SMILES string of the molecule is CN(Cc1ccc2c(c1)OCCO2)C(=O)C(N)=O. The summed E-state index contributed by atoms with van der Waals surface area (Å²) in [6.07, 6.45) is 0. The minimum absolute atomic E-state index is 0.290. The van der Waals surface area contributed by atoms with Gasteiger partial charge < -0.3 is 20.1 Å². The van der Waals surface area contributed by atoms with Gasteiger partial charge in [-0.2, -0.15) is 0 Å². The molecule has 1 aliphatic rings. The number of ether oxygens (including phenoxy) is 2. The lowest BCUT2D eigenvalue weighted by Crippen LogP contribution is -2.37. The highest BCUT2D eigenvalue weighted by atomic mass is 16.6. The van der Waals surface area contributed by atoms with E-state index in [1.54, 1.807) is 12.1 Å². The molecule has 0 radical (unpaired) electrons. The van der Waals surface area contributed by atoms with E-state index >= 15 is 0 Å². The highest BCUT2D eigenvalue weighted by Crippen LogP contribution is 2.30. The average molecular weight is 250 g/mol. The molecule has 0 aliphatic carbocycles. The molecule has 1 heterocycles. The van der Waals surface area contributed by atoms with Crippen molar-refractivity contribution in [1.29, 1.82) is 0 Å². The molecule has 96 valence electrons. The minimum atomic E-state index is -0.963. The molecule has 6 nitrogen and oxygen atoms in total. The molecule has 0 atom stereocenters. The Morgan fingerprint density at radius 3 is 2.61 bits per heavy atom. The normalized spacial score (nSPS) is 12.9. The Morgan fingerprint density at radius 1 is 1.28 bits per heavy atom. The van der Waals surface area contributed by atoms with Crippen LogP contribution in [0.25, 0.3) is 0 Å². The first kappa shape index (κ1) is 12.2. The van der Waals surface area contributed by atoms with E-state index in [1.807, 2.05) is 6.07 Å². The first-order valence-corrected chi connectivity index (χ1v) is 5.51. The lowest BCUT2D eigenvalue weighted by atomic mass is 10.2. The highest BCUT2D eigenvalue weighted by Gasteiger charge is 2.17. The maximum atomic E-state index is 11.3. The van der Waals surface area contributed by atoms with Gasteiger partial charge in [-0.3, -0.25) is 9.59 Å². The molecule has 2 amide bonds. The Kier molecular flexibility index (Phi) is 3.36. The Bertz CT molecular complexity index is 487. The van der Waals surface area contributed by atoms with Gasteiger partial charge in [0.25, 0.3) is 0 Å². The topological polar surface area (TPSA) is 81.9 Å². The van der Waals surface area contributed by atoms with Crippen LogP contribution in [0.4, 0.5) is 0 Å². The third-order valence-corrected chi connectivity index (χ3v) is 2.58. The number of nitrogens with two attached hydrogens (primary N) is 1. The Labute approximate surface area is 104 Å². The Morgan fingerprint density at radius 2 is 1.94 bits per heavy atom. The van der Waals surface area contributed by atoms with E-state index in [1.165, 1.54) is 11.9 Å². The maximum absolute atomic E-state index is 11.3. The number of carbonyl (C=O) groups is 2. The summed E-state index contributed by atoms with van der Waals surface area (Å²) >= 11 is 0. The lowest BCUT2D eigenvalue weighted by molar-refractivity contribution is -0.143. The summed E-state index contributed by atoms with van der Waals surface area (Å²) in [4.78, 5) is 23.3. The molecular formula is C12H14N2O4. The summed E-state index contributed by atoms with van der Waals surface area (Å²) in [7, 11) is 1.52. The monoisotopic (exact) mass is 250 g/mol. The number of carbonyl (C=O) groups excluding carboxylic acids is 2. The molecule has 0 bridgehead atoms. The van der Waals surface area contributed by atoms with Crippen molar-refractivity contribution in [3.63, 3.8) is 0 Å². The van der Waals surface area contributed by atoms with Crippen LogP contribution in [0.1, 0.15) is 5.56 Å². The van der Waals surface area contributed by atoms with Gasteiger partial charge in [0.15, 0.2) is 11.5 Å². The predicted octanol–water partition coefficient (Wildman–Crippen LogP) is -0.0985. The zero-order chi connectivity index (χ0) is 13.1. The minimum Gasteiger partial charge on any atom is -0.486 e. The Hall–Kier alpha value is -2.24.